The van der Waals surface area contributed by atoms with Crippen LogP contribution in [0.4, 0.5) is 0 Å². The first-order chi connectivity index (χ1) is 12.7. The zero-order valence-electron chi connectivity index (χ0n) is 16.9. The SMILES string of the molecule is CCCNC(=O)C(CC(=O)OC(C)(C)C)[C@H](Cc1ccccc1)C(=O)OC. The fourth-order valence-electron chi connectivity index (χ4n) is 2.77. The molecular weight excluding hydrogens is 346 g/mol. The van der Waals surface area contributed by atoms with Crippen LogP contribution in [-0.4, -0.2) is 37.1 Å². The number of nitrogens with one attached hydrogen (secondary N) is 1. The smallest absolute Gasteiger partial charge is 0.309 e. The lowest BCUT2D eigenvalue weighted by atomic mass is 9.83. The van der Waals surface area contributed by atoms with E-state index in [1.165, 1.54) is 7.11 Å². The standard InChI is InChI=1S/C21H31NO5/c1-6-12-22-19(24)16(14-18(23)27-21(2,3)4)17(20(25)26-5)13-15-10-8-7-9-11-15/h7-11,16-17H,6,12-14H2,1-5H3,(H,22,24)/t16?,17-/m0/s1. The summed E-state index contributed by atoms with van der Waals surface area (Å²) in [6.07, 6.45) is 0.881. The van der Waals surface area contributed by atoms with E-state index < -0.39 is 29.4 Å². The molecule has 0 saturated heterocycles. The normalized spacial score (nSPS) is 13.4. The Kier molecular flexibility index (Phi) is 8.98. The highest BCUT2D eigenvalue weighted by Gasteiger charge is 2.37. The molecule has 6 nitrogen and oxygen atoms in total. The lowest BCUT2D eigenvalue weighted by molar-refractivity contribution is -0.160. The van der Waals surface area contributed by atoms with Gasteiger partial charge in [0.05, 0.1) is 25.4 Å². The molecule has 0 bridgehead atoms. The number of rotatable bonds is 9. The summed E-state index contributed by atoms with van der Waals surface area (Å²) in [4.78, 5) is 37.5. The Morgan fingerprint density at radius 3 is 2.22 bits per heavy atom. The fourth-order valence-corrected chi connectivity index (χ4v) is 2.77. The van der Waals surface area contributed by atoms with Crippen molar-refractivity contribution in [3.05, 3.63) is 35.9 Å². The van der Waals surface area contributed by atoms with Gasteiger partial charge in [0.1, 0.15) is 5.60 Å². The van der Waals surface area contributed by atoms with Crippen molar-refractivity contribution in [1.29, 1.82) is 0 Å². The molecule has 0 heterocycles. The number of carbonyl (C=O) groups is 3. The largest absolute Gasteiger partial charge is 0.469 e. The van der Waals surface area contributed by atoms with Crippen molar-refractivity contribution in [2.75, 3.05) is 13.7 Å². The minimum Gasteiger partial charge on any atom is -0.469 e. The van der Waals surface area contributed by atoms with Crippen LogP contribution in [0.1, 0.15) is 46.1 Å². The predicted octanol–water partition coefficient (Wildman–Crippen LogP) is 2.89. The van der Waals surface area contributed by atoms with E-state index in [9.17, 15) is 14.4 Å². The van der Waals surface area contributed by atoms with Crippen molar-refractivity contribution in [3.8, 4) is 0 Å². The van der Waals surface area contributed by atoms with Gasteiger partial charge in [0, 0.05) is 6.54 Å². The molecule has 0 fully saturated rings. The van der Waals surface area contributed by atoms with Gasteiger partial charge in [-0.3, -0.25) is 14.4 Å². The molecule has 0 radical (unpaired) electrons. The summed E-state index contributed by atoms with van der Waals surface area (Å²) >= 11 is 0. The number of amides is 1. The number of methoxy groups -OCH3 is 1. The van der Waals surface area contributed by atoms with Crippen LogP contribution in [0.3, 0.4) is 0 Å². The monoisotopic (exact) mass is 377 g/mol. The zero-order chi connectivity index (χ0) is 20.4. The topological polar surface area (TPSA) is 81.7 Å². The van der Waals surface area contributed by atoms with Crippen LogP contribution in [0.5, 0.6) is 0 Å². The van der Waals surface area contributed by atoms with Crippen molar-refractivity contribution in [2.45, 2.75) is 52.6 Å². The third kappa shape index (κ3) is 8.24. The molecule has 0 aromatic heterocycles. The number of hydrogen-bond donors (Lipinski definition) is 1. The van der Waals surface area contributed by atoms with Crippen molar-refractivity contribution >= 4 is 17.8 Å². The van der Waals surface area contributed by atoms with Crippen LogP contribution >= 0.6 is 0 Å². The van der Waals surface area contributed by atoms with Gasteiger partial charge in [0.2, 0.25) is 5.91 Å². The van der Waals surface area contributed by atoms with E-state index in [1.54, 1.807) is 20.8 Å². The second kappa shape index (κ2) is 10.7. The maximum absolute atomic E-state index is 12.7. The fraction of sp³-hybridized carbons (Fsp3) is 0.571. The van der Waals surface area contributed by atoms with Crippen LogP contribution in [-0.2, 0) is 30.3 Å². The second-order valence-electron chi connectivity index (χ2n) is 7.51. The van der Waals surface area contributed by atoms with Gasteiger partial charge in [0.25, 0.3) is 0 Å². The maximum Gasteiger partial charge on any atom is 0.309 e. The highest BCUT2D eigenvalue weighted by atomic mass is 16.6. The molecule has 0 saturated carbocycles. The molecule has 1 amide bonds. The van der Waals surface area contributed by atoms with Crippen LogP contribution in [0.15, 0.2) is 30.3 Å². The Hall–Kier alpha value is -2.37. The van der Waals surface area contributed by atoms with E-state index in [1.807, 2.05) is 37.3 Å². The molecule has 0 aliphatic heterocycles. The van der Waals surface area contributed by atoms with Gasteiger partial charge < -0.3 is 14.8 Å². The van der Waals surface area contributed by atoms with Gasteiger partial charge in [-0.25, -0.2) is 0 Å². The average molecular weight is 377 g/mol. The number of ether oxygens (including phenoxy) is 2. The van der Waals surface area contributed by atoms with E-state index in [-0.39, 0.29) is 12.3 Å². The number of hydrogen-bond acceptors (Lipinski definition) is 5. The van der Waals surface area contributed by atoms with E-state index in [2.05, 4.69) is 5.32 Å². The average Bonchev–Trinajstić information content (AvgIpc) is 2.61. The van der Waals surface area contributed by atoms with E-state index in [0.717, 1.165) is 12.0 Å². The van der Waals surface area contributed by atoms with E-state index in [4.69, 9.17) is 9.47 Å². The molecule has 0 aliphatic rings. The van der Waals surface area contributed by atoms with Crippen molar-refractivity contribution < 1.29 is 23.9 Å². The lowest BCUT2D eigenvalue weighted by Gasteiger charge is -2.26. The second-order valence-corrected chi connectivity index (χ2v) is 7.51. The molecule has 2 atom stereocenters. The Balaban J connectivity index is 3.10. The van der Waals surface area contributed by atoms with Gasteiger partial charge in [0.15, 0.2) is 0 Å². The third-order valence-corrected chi connectivity index (χ3v) is 3.98. The Morgan fingerprint density at radius 1 is 1.07 bits per heavy atom. The maximum atomic E-state index is 12.7. The van der Waals surface area contributed by atoms with Crippen LogP contribution in [0.25, 0.3) is 0 Å². The Bertz CT molecular complexity index is 621. The van der Waals surface area contributed by atoms with Crippen molar-refractivity contribution in [1.82, 2.24) is 5.32 Å². The van der Waals surface area contributed by atoms with E-state index >= 15 is 0 Å². The molecule has 150 valence electrons. The van der Waals surface area contributed by atoms with Gasteiger partial charge >= 0.3 is 11.9 Å². The number of benzene rings is 1. The molecule has 1 aromatic rings. The molecule has 0 spiro atoms. The quantitative estimate of drug-likeness (QED) is 0.669. The Labute approximate surface area is 161 Å². The summed E-state index contributed by atoms with van der Waals surface area (Å²) in [6, 6.07) is 9.37. The third-order valence-electron chi connectivity index (χ3n) is 3.98. The van der Waals surface area contributed by atoms with Gasteiger partial charge in [-0.15, -0.1) is 0 Å². The summed E-state index contributed by atoms with van der Waals surface area (Å²) in [7, 11) is 1.29. The van der Waals surface area contributed by atoms with Crippen LogP contribution in [0, 0.1) is 11.8 Å². The Morgan fingerprint density at radius 2 is 1.70 bits per heavy atom. The van der Waals surface area contributed by atoms with Crippen molar-refractivity contribution in [3.63, 3.8) is 0 Å². The lowest BCUT2D eigenvalue weighted by Crippen LogP contribution is -2.41. The molecule has 1 aromatic carbocycles. The van der Waals surface area contributed by atoms with Crippen molar-refractivity contribution in [2.24, 2.45) is 11.8 Å². The first-order valence-corrected chi connectivity index (χ1v) is 9.29. The summed E-state index contributed by atoms with van der Waals surface area (Å²) in [5, 5.41) is 2.79. The first kappa shape index (κ1) is 22.7. The molecule has 0 aliphatic carbocycles. The highest BCUT2D eigenvalue weighted by molar-refractivity contribution is 5.89. The molecule has 6 heteroatoms. The summed E-state index contributed by atoms with van der Waals surface area (Å²) < 4.78 is 10.3. The predicted molar refractivity (Wildman–Crippen MR) is 103 cm³/mol. The zero-order valence-corrected chi connectivity index (χ0v) is 16.9. The van der Waals surface area contributed by atoms with Gasteiger partial charge in [-0.1, -0.05) is 37.3 Å². The molecule has 1 unspecified atom stereocenters. The minimum atomic E-state index is -0.862. The van der Waals surface area contributed by atoms with Crippen LogP contribution in [0.2, 0.25) is 0 Å². The molecule has 27 heavy (non-hydrogen) atoms. The number of carbonyl (C=O) groups excluding carboxylic acids is 3. The van der Waals surface area contributed by atoms with E-state index in [0.29, 0.717) is 13.0 Å². The highest BCUT2D eigenvalue weighted by Crippen LogP contribution is 2.25. The first-order valence-electron chi connectivity index (χ1n) is 9.29. The minimum absolute atomic E-state index is 0.181. The number of esters is 2. The van der Waals surface area contributed by atoms with Gasteiger partial charge in [-0.05, 0) is 39.2 Å². The molecule has 1 N–H and O–H groups in total. The summed E-state index contributed by atoms with van der Waals surface area (Å²) in [5.74, 6) is -3.00. The summed E-state index contributed by atoms with van der Waals surface area (Å²) in [5.41, 5.74) is 0.229. The molecule has 1 rings (SSSR count). The molecular formula is C21H31NO5. The van der Waals surface area contributed by atoms with Gasteiger partial charge in [-0.2, -0.15) is 0 Å². The van der Waals surface area contributed by atoms with Crippen LogP contribution < -0.4 is 5.32 Å². The summed E-state index contributed by atoms with van der Waals surface area (Å²) in [6.45, 7) is 7.70.